The average molecular weight is 338 g/mol. The van der Waals surface area contributed by atoms with E-state index >= 15 is 0 Å². The van der Waals surface area contributed by atoms with Crippen LogP contribution in [0.5, 0.6) is 5.75 Å². The summed E-state index contributed by atoms with van der Waals surface area (Å²) < 4.78 is 7.81. The predicted octanol–water partition coefficient (Wildman–Crippen LogP) is 4.08. The summed E-state index contributed by atoms with van der Waals surface area (Å²) in [6.07, 6.45) is 6.17. The van der Waals surface area contributed by atoms with Gasteiger partial charge >= 0.3 is 0 Å². The van der Waals surface area contributed by atoms with Gasteiger partial charge in [-0.2, -0.15) is 5.26 Å². The SMILES string of the molecule is N#Cc1ccc(Cn2ccnc2)cc1OCCc1ccc(Cl)cc1. The number of hydrogen-bond acceptors (Lipinski definition) is 3. The topological polar surface area (TPSA) is 50.8 Å². The zero-order valence-corrected chi connectivity index (χ0v) is 13.8. The van der Waals surface area contributed by atoms with Gasteiger partial charge in [0.05, 0.1) is 18.5 Å². The Balaban J connectivity index is 1.66. The zero-order valence-electron chi connectivity index (χ0n) is 13.0. The number of imidazole rings is 1. The number of aromatic nitrogens is 2. The van der Waals surface area contributed by atoms with E-state index in [1.165, 1.54) is 0 Å². The standard InChI is InChI=1S/C19H16ClN3O/c20-18-5-2-15(3-6-18)7-10-24-19-11-16(1-4-17(19)12-21)13-23-9-8-22-14-23/h1-6,8-9,11,14H,7,10,13H2. The van der Waals surface area contributed by atoms with Crippen LogP contribution in [0.1, 0.15) is 16.7 Å². The summed E-state index contributed by atoms with van der Waals surface area (Å²) in [5.41, 5.74) is 2.75. The van der Waals surface area contributed by atoms with Gasteiger partial charge in [-0.15, -0.1) is 0 Å². The molecule has 4 nitrogen and oxygen atoms in total. The maximum absolute atomic E-state index is 9.25. The number of ether oxygens (including phenoxy) is 1. The molecule has 0 unspecified atom stereocenters. The van der Waals surface area contributed by atoms with Crippen molar-refractivity contribution in [1.29, 1.82) is 5.26 Å². The van der Waals surface area contributed by atoms with Crippen LogP contribution in [0.3, 0.4) is 0 Å². The molecule has 0 spiro atoms. The van der Waals surface area contributed by atoms with Crippen LogP contribution in [0, 0.1) is 11.3 Å². The van der Waals surface area contributed by atoms with E-state index in [1.807, 2.05) is 47.2 Å². The van der Waals surface area contributed by atoms with Gasteiger partial charge in [0, 0.05) is 30.4 Å². The second-order valence-electron chi connectivity index (χ2n) is 5.40. The summed E-state index contributed by atoms with van der Waals surface area (Å²) in [5.74, 6) is 0.615. The summed E-state index contributed by atoms with van der Waals surface area (Å²) in [4.78, 5) is 4.03. The third-order valence-corrected chi connectivity index (χ3v) is 3.90. The average Bonchev–Trinajstić information content (AvgIpc) is 3.10. The predicted molar refractivity (Wildman–Crippen MR) is 93.1 cm³/mol. The third kappa shape index (κ3) is 4.15. The van der Waals surface area contributed by atoms with Gasteiger partial charge in [0.2, 0.25) is 0 Å². The molecule has 0 saturated heterocycles. The Morgan fingerprint density at radius 2 is 1.92 bits per heavy atom. The van der Waals surface area contributed by atoms with Crippen molar-refractivity contribution in [1.82, 2.24) is 9.55 Å². The second kappa shape index (κ2) is 7.67. The van der Waals surface area contributed by atoms with Crippen molar-refractivity contribution in [2.24, 2.45) is 0 Å². The fourth-order valence-corrected chi connectivity index (χ4v) is 2.52. The molecule has 5 heteroatoms. The molecular formula is C19H16ClN3O. The molecular weight excluding hydrogens is 322 g/mol. The molecule has 3 aromatic rings. The summed E-state index contributed by atoms with van der Waals surface area (Å²) in [6.45, 7) is 1.20. The Bertz CT molecular complexity index is 836. The van der Waals surface area contributed by atoms with E-state index in [1.54, 1.807) is 18.6 Å². The van der Waals surface area contributed by atoms with Crippen LogP contribution < -0.4 is 4.74 Å². The van der Waals surface area contributed by atoms with E-state index in [2.05, 4.69) is 11.1 Å². The first-order valence-electron chi connectivity index (χ1n) is 7.60. The van der Waals surface area contributed by atoms with Crippen LogP contribution in [-0.4, -0.2) is 16.2 Å². The summed E-state index contributed by atoms with van der Waals surface area (Å²) in [6, 6.07) is 15.5. The quantitative estimate of drug-likeness (QED) is 0.681. The Hall–Kier alpha value is -2.77. The second-order valence-corrected chi connectivity index (χ2v) is 5.84. The number of rotatable bonds is 6. The molecule has 2 aromatic carbocycles. The molecule has 0 bridgehead atoms. The molecule has 120 valence electrons. The van der Waals surface area contributed by atoms with E-state index in [0.29, 0.717) is 24.5 Å². The van der Waals surface area contributed by atoms with E-state index < -0.39 is 0 Å². The monoisotopic (exact) mass is 337 g/mol. The third-order valence-electron chi connectivity index (χ3n) is 3.65. The molecule has 0 fully saturated rings. The molecule has 0 N–H and O–H groups in total. The van der Waals surface area contributed by atoms with Gasteiger partial charge in [0.15, 0.2) is 0 Å². The number of hydrogen-bond donors (Lipinski definition) is 0. The maximum atomic E-state index is 9.25. The van der Waals surface area contributed by atoms with Gasteiger partial charge < -0.3 is 9.30 Å². The van der Waals surface area contributed by atoms with Crippen molar-refractivity contribution in [2.45, 2.75) is 13.0 Å². The zero-order chi connectivity index (χ0) is 16.8. The largest absolute Gasteiger partial charge is 0.492 e. The van der Waals surface area contributed by atoms with Crippen LogP contribution >= 0.6 is 11.6 Å². The smallest absolute Gasteiger partial charge is 0.137 e. The Morgan fingerprint density at radius 3 is 2.62 bits per heavy atom. The van der Waals surface area contributed by atoms with Gasteiger partial charge in [-0.3, -0.25) is 0 Å². The number of nitrogens with zero attached hydrogens (tertiary/aromatic N) is 3. The van der Waals surface area contributed by atoms with Gasteiger partial charge in [-0.25, -0.2) is 4.98 Å². The van der Waals surface area contributed by atoms with Gasteiger partial charge in [0.25, 0.3) is 0 Å². The minimum absolute atomic E-state index is 0.505. The molecule has 0 aliphatic heterocycles. The summed E-state index contributed by atoms with van der Waals surface area (Å²) in [7, 11) is 0. The van der Waals surface area contributed by atoms with Gasteiger partial charge in [0.1, 0.15) is 11.8 Å². The van der Waals surface area contributed by atoms with Crippen molar-refractivity contribution >= 4 is 11.6 Å². The molecule has 0 radical (unpaired) electrons. The Labute approximate surface area is 145 Å². The molecule has 0 atom stereocenters. The molecule has 0 aliphatic carbocycles. The van der Waals surface area contributed by atoms with Gasteiger partial charge in [-0.05, 0) is 35.4 Å². The highest BCUT2D eigenvalue weighted by Gasteiger charge is 2.06. The first-order chi connectivity index (χ1) is 11.7. The lowest BCUT2D eigenvalue weighted by atomic mass is 10.1. The lowest BCUT2D eigenvalue weighted by Gasteiger charge is -2.10. The van der Waals surface area contributed by atoms with Crippen molar-refractivity contribution in [3.05, 3.63) is 82.9 Å². The van der Waals surface area contributed by atoms with Crippen LogP contribution in [0.4, 0.5) is 0 Å². The van der Waals surface area contributed by atoms with Crippen molar-refractivity contribution in [2.75, 3.05) is 6.61 Å². The maximum Gasteiger partial charge on any atom is 0.137 e. The fourth-order valence-electron chi connectivity index (χ4n) is 2.40. The number of nitriles is 1. The van der Waals surface area contributed by atoms with Crippen LogP contribution in [0.15, 0.2) is 61.2 Å². The lowest BCUT2D eigenvalue weighted by Crippen LogP contribution is -2.04. The molecule has 24 heavy (non-hydrogen) atoms. The minimum atomic E-state index is 0.505. The molecule has 0 amide bonds. The molecule has 0 saturated carbocycles. The molecule has 3 rings (SSSR count). The lowest BCUT2D eigenvalue weighted by molar-refractivity contribution is 0.320. The van der Waals surface area contributed by atoms with E-state index in [4.69, 9.17) is 16.3 Å². The van der Waals surface area contributed by atoms with Crippen molar-refractivity contribution in [3.63, 3.8) is 0 Å². The Morgan fingerprint density at radius 1 is 1.12 bits per heavy atom. The number of benzene rings is 2. The molecule has 0 aliphatic rings. The van der Waals surface area contributed by atoms with Crippen molar-refractivity contribution < 1.29 is 4.74 Å². The van der Waals surface area contributed by atoms with Crippen LogP contribution in [0.25, 0.3) is 0 Å². The highest BCUT2D eigenvalue weighted by Crippen LogP contribution is 2.21. The highest BCUT2D eigenvalue weighted by molar-refractivity contribution is 6.30. The molecule has 1 heterocycles. The Kier molecular flexibility index (Phi) is 5.15. The first kappa shape index (κ1) is 16.1. The summed E-state index contributed by atoms with van der Waals surface area (Å²) in [5, 5.41) is 9.97. The normalized spacial score (nSPS) is 10.3. The summed E-state index contributed by atoms with van der Waals surface area (Å²) >= 11 is 5.88. The first-order valence-corrected chi connectivity index (χ1v) is 7.98. The highest BCUT2D eigenvalue weighted by atomic mass is 35.5. The number of halogens is 1. The fraction of sp³-hybridized carbons (Fsp3) is 0.158. The van der Waals surface area contributed by atoms with Crippen molar-refractivity contribution in [3.8, 4) is 11.8 Å². The van der Waals surface area contributed by atoms with E-state index in [0.717, 1.165) is 22.6 Å². The van der Waals surface area contributed by atoms with Crippen LogP contribution in [-0.2, 0) is 13.0 Å². The molecule has 1 aromatic heterocycles. The van der Waals surface area contributed by atoms with Crippen LogP contribution in [0.2, 0.25) is 5.02 Å². The van der Waals surface area contributed by atoms with Gasteiger partial charge in [-0.1, -0.05) is 29.8 Å². The van der Waals surface area contributed by atoms with E-state index in [9.17, 15) is 5.26 Å². The van der Waals surface area contributed by atoms with E-state index in [-0.39, 0.29) is 0 Å². The minimum Gasteiger partial charge on any atom is -0.492 e.